The van der Waals surface area contributed by atoms with E-state index >= 15 is 8.78 Å². The standard InChI is InChI=1S/C26H24ClF2N3O3S.Na.H/c1-26(2,13-33)12-31-11-15(10-30-31)32-22(14-6-7-14)24(17-8-9-18(27)21(29)23(17)32)36-19-5-3-4-16(20(19)28)25(34)35;;/h3-5,8-11,14,33H,6-7,12-13H2,1-2H3,(H,34,35);;/q;+1;-1. The molecule has 1 saturated carbocycles. The molecule has 0 bridgehead atoms. The summed E-state index contributed by atoms with van der Waals surface area (Å²) < 4.78 is 34.2. The topological polar surface area (TPSA) is 80.3 Å². The third-order valence-corrected chi connectivity index (χ3v) is 7.74. The minimum atomic E-state index is -1.35. The second-order valence-corrected chi connectivity index (χ2v) is 11.3. The van der Waals surface area contributed by atoms with E-state index in [0.29, 0.717) is 22.5 Å². The van der Waals surface area contributed by atoms with Gasteiger partial charge in [-0.05, 0) is 37.1 Å². The van der Waals surface area contributed by atoms with Gasteiger partial charge in [-0.2, -0.15) is 5.10 Å². The van der Waals surface area contributed by atoms with Gasteiger partial charge in [0.25, 0.3) is 0 Å². The number of carboxylic acid groups (broad SMARTS) is 1. The van der Waals surface area contributed by atoms with Crippen LogP contribution in [0.25, 0.3) is 16.6 Å². The van der Waals surface area contributed by atoms with Crippen LogP contribution < -0.4 is 29.6 Å². The third kappa shape index (κ3) is 5.35. The molecule has 11 heteroatoms. The Hall–Kier alpha value is -1.88. The quantitative estimate of drug-likeness (QED) is 0.325. The van der Waals surface area contributed by atoms with Crippen molar-refractivity contribution in [1.29, 1.82) is 0 Å². The van der Waals surface area contributed by atoms with Gasteiger partial charge in [-0.25, -0.2) is 13.6 Å². The van der Waals surface area contributed by atoms with Gasteiger partial charge >= 0.3 is 35.5 Å². The van der Waals surface area contributed by atoms with Crippen LogP contribution in [0.4, 0.5) is 8.78 Å². The minimum absolute atomic E-state index is 0. The Morgan fingerprint density at radius 3 is 2.62 bits per heavy atom. The number of aliphatic hydroxyl groups excluding tert-OH is 1. The Bertz CT molecular complexity index is 1510. The number of hydrogen-bond acceptors (Lipinski definition) is 4. The molecule has 2 heterocycles. The number of benzene rings is 2. The molecule has 0 saturated heterocycles. The van der Waals surface area contributed by atoms with Gasteiger partial charge in [0.1, 0.15) is 0 Å². The molecule has 4 aromatic rings. The molecular formula is C26H25ClF2N3NaO3S. The van der Waals surface area contributed by atoms with Crippen LogP contribution in [0.2, 0.25) is 5.02 Å². The molecular weight excluding hydrogens is 531 g/mol. The molecule has 190 valence electrons. The predicted molar refractivity (Wildman–Crippen MR) is 135 cm³/mol. The second kappa shape index (κ2) is 10.7. The number of aliphatic hydroxyl groups is 1. The van der Waals surface area contributed by atoms with Crippen LogP contribution in [-0.4, -0.2) is 37.1 Å². The van der Waals surface area contributed by atoms with Crippen molar-refractivity contribution in [1.82, 2.24) is 14.3 Å². The number of halogens is 3. The summed E-state index contributed by atoms with van der Waals surface area (Å²) in [6.07, 6.45) is 5.22. The first-order valence-electron chi connectivity index (χ1n) is 11.5. The first kappa shape index (κ1) is 28.1. The van der Waals surface area contributed by atoms with Crippen molar-refractivity contribution in [2.24, 2.45) is 5.41 Å². The zero-order valence-electron chi connectivity index (χ0n) is 21.6. The summed E-state index contributed by atoms with van der Waals surface area (Å²) in [5, 5.41) is 24.0. The van der Waals surface area contributed by atoms with E-state index < -0.39 is 28.6 Å². The number of rotatable bonds is 8. The molecule has 1 fully saturated rings. The molecule has 6 nitrogen and oxygen atoms in total. The summed E-state index contributed by atoms with van der Waals surface area (Å²) in [6.45, 7) is 4.28. The van der Waals surface area contributed by atoms with Crippen molar-refractivity contribution < 1.29 is 54.8 Å². The Morgan fingerprint density at radius 1 is 1.24 bits per heavy atom. The zero-order valence-corrected chi connectivity index (χ0v) is 24.2. The fraction of sp³-hybridized carbons (Fsp3) is 0.308. The van der Waals surface area contributed by atoms with Gasteiger partial charge in [0, 0.05) is 51.6 Å². The van der Waals surface area contributed by atoms with Crippen LogP contribution in [0.1, 0.15) is 50.1 Å². The van der Waals surface area contributed by atoms with Crippen LogP contribution in [0.5, 0.6) is 0 Å². The van der Waals surface area contributed by atoms with Gasteiger partial charge in [-0.1, -0.05) is 43.3 Å². The smallest absolute Gasteiger partial charge is 1.00 e. The Morgan fingerprint density at radius 2 is 1.97 bits per heavy atom. The average Bonchev–Trinajstić information content (AvgIpc) is 3.49. The molecule has 2 N–H and O–H groups in total. The number of carbonyl (C=O) groups is 1. The van der Waals surface area contributed by atoms with Crippen LogP contribution in [0.3, 0.4) is 0 Å². The van der Waals surface area contributed by atoms with Gasteiger partial charge < -0.3 is 16.2 Å². The molecule has 2 aromatic carbocycles. The summed E-state index contributed by atoms with van der Waals surface area (Å²) in [5.41, 5.74) is 0.894. The number of hydrogen-bond donors (Lipinski definition) is 2. The van der Waals surface area contributed by atoms with E-state index in [9.17, 15) is 15.0 Å². The molecule has 0 aliphatic heterocycles. The number of aromatic carboxylic acids is 1. The summed E-state index contributed by atoms with van der Waals surface area (Å²) in [7, 11) is 0. The fourth-order valence-corrected chi connectivity index (χ4v) is 5.67. The Kier molecular flexibility index (Phi) is 8.14. The maximum absolute atomic E-state index is 15.6. The second-order valence-electron chi connectivity index (χ2n) is 9.82. The van der Waals surface area contributed by atoms with E-state index in [1.54, 1.807) is 27.7 Å². The normalized spacial score (nSPS) is 13.7. The molecule has 0 unspecified atom stereocenters. The Labute approximate surface area is 245 Å². The van der Waals surface area contributed by atoms with Gasteiger partial charge in [0.2, 0.25) is 0 Å². The fourth-order valence-electron chi connectivity index (χ4n) is 4.31. The molecule has 1 aliphatic carbocycles. The van der Waals surface area contributed by atoms with Gasteiger partial charge in [-0.3, -0.25) is 4.68 Å². The maximum Gasteiger partial charge on any atom is 1.00 e. The SMILES string of the molecule is CC(C)(CO)Cn1cc(-n2c(C3CC3)c(Sc3cccc(C(=O)O)c3F)c3ccc(Cl)c(F)c32)cn1.[H-].[Na+]. The van der Waals surface area contributed by atoms with Crippen molar-refractivity contribution >= 4 is 40.2 Å². The molecule has 2 aromatic heterocycles. The van der Waals surface area contributed by atoms with Crippen molar-refractivity contribution in [2.45, 2.75) is 48.9 Å². The summed E-state index contributed by atoms with van der Waals surface area (Å²) in [5.74, 6) is -2.64. The molecule has 5 rings (SSSR count). The van der Waals surface area contributed by atoms with Crippen LogP contribution in [0, 0.1) is 17.0 Å². The van der Waals surface area contributed by atoms with E-state index in [-0.39, 0.29) is 58.9 Å². The monoisotopic (exact) mass is 555 g/mol. The number of nitrogens with zero attached hydrogens (tertiary/aromatic N) is 3. The molecule has 0 spiro atoms. The molecule has 0 radical (unpaired) electrons. The van der Waals surface area contributed by atoms with Crippen molar-refractivity contribution in [3.63, 3.8) is 0 Å². The third-order valence-electron chi connectivity index (χ3n) is 6.28. The summed E-state index contributed by atoms with van der Waals surface area (Å²) in [6, 6.07) is 7.42. The summed E-state index contributed by atoms with van der Waals surface area (Å²) >= 11 is 7.28. The Balaban J connectivity index is 0.00000200. The largest absolute Gasteiger partial charge is 1.00 e. The zero-order chi connectivity index (χ0) is 25.8. The molecule has 1 aliphatic rings. The van der Waals surface area contributed by atoms with Crippen molar-refractivity contribution in [2.75, 3.05) is 6.61 Å². The maximum atomic E-state index is 15.6. The van der Waals surface area contributed by atoms with Gasteiger partial charge in [0.05, 0.1) is 28.0 Å². The van der Waals surface area contributed by atoms with E-state index in [1.165, 1.54) is 24.3 Å². The van der Waals surface area contributed by atoms with Crippen LogP contribution in [0.15, 0.2) is 52.5 Å². The van der Waals surface area contributed by atoms with E-state index in [2.05, 4.69) is 5.10 Å². The van der Waals surface area contributed by atoms with E-state index in [0.717, 1.165) is 30.3 Å². The van der Waals surface area contributed by atoms with E-state index in [1.807, 2.05) is 13.8 Å². The number of carboxylic acids is 1. The van der Waals surface area contributed by atoms with Gasteiger partial charge in [0.15, 0.2) is 11.6 Å². The van der Waals surface area contributed by atoms with Crippen LogP contribution >= 0.6 is 23.4 Å². The minimum Gasteiger partial charge on any atom is -1.00 e. The predicted octanol–water partition coefficient (Wildman–Crippen LogP) is 3.62. The van der Waals surface area contributed by atoms with Crippen molar-refractivity contribution in [3.8, 4) is 5.69 Å². The van der Waals surface area contributed by atoms with E-state index in [4.69, 9.17) is 11.6 Å². The summed E-state index contributed by atoms with van der Waals surface area (Å²) in [4.78, 5) is 12.3. The molecule has 37 heavy (non-hydrogen) atoms. The van der Waals surface area contributed by atoms with Gasteiger partial charge in [-0.15, -0.1) is 0 Å². The van der Waals surface area contributed by atoms with Crippen molar-refractivity contribution in [3.05, 3.63) is 70.6 Å². The first-order valence-corrected chi connectivity index (χ1v) is 12.7. The number of fused-ring (bicyclic) bond motifs is 1. The number of aromatic nitrogens is 3. The molecule has 0 atom stereocenters. The average molecular weight is 556 g/mol. The first-order chi connectivity index (χ1) is 17.1. The van der Waals surface area contributed by atoms with Crippen LogP contribution in [-0.2, 0) is 6.54 Å². The molecule has 0 amide bonds.